The maximum absolute atomic E-state index is 12.1. The lowest BCUT2D eigenvalue weighted by molar-refractivity contribution is -0.122. The standard InChI is InChI=1S/C15H14N2O3S/c1-2-8-17-14(18)13(21-15(17)19)10-11-3-5-12(6-4-11)20-9-7-16/h3-6,10H,2,8-9H2,1H3/b13-10-. The zero-order valence-corrected chi connectivity index (χ0v) is 12.4. The van der Waals surface area contributed by atoms with Gasteiger partial charge in [-0.05, 0) is 42.0 Å². The molecule has 2 rings (SSSR count). The third kappa shape index (κ3) is 3.64. The first-order valence-electron chi connectivity index (χ1n) is 6.51. The van der Waals surface area contributed by atoms with Gasteiger partial charge < -0.3 is 4.74 Å². The van der Waals surface area contributed by atoms with Gasteiger partial charge in [-0.3, -0.25) is 14.5 Å². The van der Waals surface area contributed by atoms with Gasteiger partial charge in [0.25, 0.3) is 11.1 Å². The second kappa shape index (κ2) is 6.95. The topological polar surface area (TPSA) is 70.4 Å². The van der Waals surface area contributed by atoms with E-state index in [1.54, 1.807) is 30.3 Å². The molecule has 1 aromatic carbocycles. The van der Waals surface area contributed by atoms with Gasteiger partial charge in [0.15, 0.2) is 6.61 Å². The zero-order chi connectivity index (χ0) is 15.2. The van der Waals surface area contributed by atoms with Crippen molar-refractivity contribution in [2.24, 2.45) is 0 Å². The van der Waals surface area contributed by atoms with Crippen LogP contribution in [0, 0.1) is 11.3 Å². The molecule has 1 aliphatic rings. The van der Waals surface area contributed by atoms with E-state index in [0.717, 1.165) is 23.7 Å². The maximum Gasteiger partial charge on any atom is 0.293 e. The number of thioether (sulfide) groups is 1. The second-order valence-corrected chi connectivity index (χ2v) is 5.34. The van der Waals surface area contributed by atoms with Gasteiger partial charge in [-0.25, -0.2) is 0 Å². The van der Waals surface area contributed by atoms with Gasteiger partial charge in [-0.15, -0.1) is 0 Å². The van der Waals surface area contributed by atoms with E-state index in [2.05, 4.69) is 0 Å². The first kappa shape index (κ1) is 15.1. The molecule has 5 nitrogen and oxygen atoms in total. The average molecular weight is 302 g/mol. The number of ether oxygens (including phenoxy) is 1. The summed E-state index contributed by atoms with van der Waals surface area (Å²) in [6.45, 7) is 2.37. The van der Waals surface area contributed by atoms with Crippen LogP contribution in [0.3, 0.4) is 0 Å². The molecular formula is C15H14N2O3S. The molecule has 0 atom stereocenters. The summed E-state index contributed by atoms with van der Waals surface area (Å²) in [5.41, 5.74) is 0.807. The molecule has 1 heterocycles. The molecule has 6 heteroatoms. The molecule has 0 radical (unpaired) electrons. The number of carbonyl (C=O) groups excluding carboxylic acids is 2. The summed E-state index contributed by atoms with van der Waals surface area (Å²) in [7, 11) is 0. The molecule has 0 aromatic heterocycles. The smallest absolute Gasteiger partial charge is 0.293 e. The molecule has 0 N–H and O–H groups in total. The van der Waals surface area contributed by atoms with E-state index >= 15 is 0 Å². The molecule has 0 aliphatic carbocycles. The summed E-state index contributed by atoms with van der Waals surface area (Å²) in [4.78, 5) is 25.5. The number of benzene rings is 1. The Balaban J connectivity index is 2.11. The average Bonchev–Trinajstić information content (AvgIpc) is 2.75. The van der Waals surface area contributed by atoms with Crippen LogP contribution in [0.15, 0.2) is 29.2 Å². The number of hydrogen-bond donors (Lipinski definition) is 0. The molecule has 0 bridgehead atoms. The van der Waals surface area contributed by atoms with Gasteiger partial charge in [0.2, 0.25) is 0 Å². The van der Waals surface area contributed by atoms with Gasteiger partial charge >= 0.3 is 0 Å². The first-order chi connectivity index (χ1) is 10.2. The number of imide groups is 1. The molecule has 0 spiro atoms. The van der Waals surface area contributed by atoms with Crippen molar-refractivity contribution in [2.75, 3.05) is 13.2 Å². The molecule has 1 aromatic rings. The fourth-order valence-corrected chi connectivity index (χ4v) is 2.71. The summed E-state index contributed by atoms with van der Waals surface area (Å²) < 4.78 is 5.15. The van der Waals surface area contributed by atoms with Gasteiger partial charge in [0.1, 0.15) is 11.8 Å². The van der Waals surface area contributed by atoms with E-state index in [9.17, 15) is 9.59 Å². The number of nitriles is 1. The Morgan fingerprint density at radius 2 is 2.05 bits per heavy atom. The third-order valence-electron chi connectivity index (χ3n) is 2.80. The summed E-state index contributed by atoms with van der Waals surface area (Å²) in [6.07, 6.45) is 2.44. The minimum absolute atomic E-state index is 0.00471. The van der Waals surface area contributed by atoms with E-state index in [1.165, 1.54) is 4.90 Å². The maximum atomic E-state index is 12.1. The van der Waals surface area contributed by atoms with Crippen LogP contribution in [-0.4, -0.2) is 29.2 Å². The predicted molar refractivity (Wildman–Crippen MR) is 80.5 cm³/mol. The molecule has 108 valence electrons. The summed E-state index contributed by atoms with van der Waals surface area (Å²) in [5.74, 6) is 0.351. The Morgan fingerprint density at radius 1 is 1.33 bits per heavy atom. The van der Waals surface area contributed by atoms with E-state index in [-0.39, 0.29) is 17.8 Å². The molecule has 0 saturated carbocycles. The quantitative estimate of drug-likeness (QED) is 0.782. The molecule has 0 unspecified atom stereocenters. The van der Waals surface area contributed by atoms with Crippen LogP contribution in [0.25, 0.3) is 6.08 Å². The highest BCUT2D eigenvalue weighted by Crippen LogP contribution is 2.32. The van der Waals surface area contributed by atoms with E-state index in [1.807, 2.05) is 13.0 Å². The van der Waals surface area contributed by atoms with Crippen LogP contribution >= 0.6 is 11.8 Å². The van der Waals surface area contributed by atoms with Gasteiger partial charge in [0.05, 0.1) is 4.91 Å². The number of carbonyl (C=O) groups is 2. The van der Waals surface area contributed by atoms with Crippen LogP contribution in [0.5, 0.6) is 5.75 Å². The highest BCUT2D eigenvalue weighted by molar-refractivity contribution is 8.18. The Bertz CT molecular complexity index is 617. The van der Waals surface area contributed by atoms with Crippen molar-refractivity contribution >= 4 is 29.0 Å². The second-order valence-electron chi connectivity index (χ2n) is 4.35. The largest absolute Gasteiger partial charge is 0.479 e. The highest BCUT2D eigenvalue weighted by Gasteiger charge is 2.34. The Morgan fingerprint density at radius 3 is 2.67 bits per heavy atom. The highest BCUT2D eigenvalue weighted by atomic mass is 32.2. The number of hydrogen-bond acceptors (Lipinski definition) is 5. The van der Waals surface area contributed by atoms with E-state index in [4.69, 9.17) is 10.00 Å². The Kier molecular flexibility index (Phi) is 5.01. The fraction of sp³-hybridized carbons (Fsp3) is 0.267. The molecule has 2 amide bonds. The molecule has 1 saturated heterocycles. The first-order valence-corrected chi connectivity index (χ1v) is 7.32. The summed E-state index contributed by atoms with van der Waals surface area (Å²) in [5, 5.41) is 8.21. The van der Waals surface area contributed by atoms with Crippen LogP contribution in [0.2, 0.25) is 0 Å². The van der Waals surface area contributed by atoms with Crippen molar-refractivity contribution < 1.29 is 14.3 Å². The predicted octanol–water partition coefficient (Wildman–Crippen LogP) is 3.04. The minimum atomic E-state index is -0.239. The van der Waals surface area contributed by atoms with E-state index < -0.39 is 0 Å². The molecule has 21 heavy (non-hydrogen) atoms. The van der Waals surface area contributed by atoms with E-state index in [0.29, 0.717) is 17.2 Å². The molecule has 1 fully saturated rings. The van der Waals surface area contributed by atoms with Crippen LogP contribution in [-0.2, 0) is 4.79 Å². The van der Waals surface area contributed by atoms with Crippen molar-refractivity contribution in [1.29, 1.82) is 5.26 Å². The number of amides is 2. The van der Waals surface area contributed by atoms with Crippen molar-refractivity contribution in [1.82, 2.24) is 4.90 Å². The fourth-order valence-electron chi connectivity index (χ4n) is 1.84. The number of nitrogens with zero attached hydrogens (tertiary/aromatic N) is 2. The lowest BCUT2D eigenvalue weighted by atomic mass is 10.2. The van der Waals surface area contributed by atoms with Gasteiger partial charge in [0, 0.05) is 6.54 Å². The van der Waals surface area contributed by atoms with Crippen LogP contribution in [0.1, 0.15) is 18.9 Å². The molecule has 1 aliphatic heterocycles. The van der Waals surface area contributed by atoms with Gasteiger partial charge in [-0.1, -0.05) is 19.1 Å². The van der Waals surface area contributed by atoms with Crippen LogP contribution in [0.4, 0.5) is 4.79 Å². The summed E-state index contributed by atoms with van der Waals surface area (Å²) in [6, 6.07) is 8.89. The SMILES string of the molecule is CCCN1C(=O)S/C(=C\c2ccc(OCC#N)cc2)C1=O. The van der Waals surface area contributed by atoms with Crippen molar-refractivity contribution in [3.63, 3.8) is 0 Å². The normalized spacial score (nSPS) is 16.4. The summed E-state index contributed by atoms with van der Waals surface area (Å²) >= 11 is 0.959. The Hall–Kier alpha value is -2.26. The van der Waals surface area contributed by atoms with Crippen molar-refractivity contribution in [3.05, 3.63) is 34.7 Å². The van der Waals surface area contributed by atoms with Crippen molar-refractivity contribution in [3.8, 4) is 11.8 Å². The monoisotopic (exact) mass is 302 g/mol. The number of rotatable bonds is 5. The lowest BCUT2D eigenvalue weighted by Crippen LogP contribution is -2.28. The molecular weight excluding hydrogens is 288 g/mol. The van der Waals surface area contributed by atoms with Crippen LogP contribution < -0.4 is 4.74 Å². The van der Waals surface area contributed by atoms with Crippen molar-refractivity contribution in [2.45, 2.75) is 13.3 Å². The lowest BCUT2D eigenvalue weighted by Gasteiger charge is -2.09. The third-order valence-corrected chi connectivity index (χ3v) is 3.71. The van der Waals surface area contributed by atoms with Gasteiger partial charge in [-0.2, -0.15) is 5.26 Å². The Labute approximate surface area is 127 Å². The minimum Gasteiger partial charge on any atom is -0.479 e. The zero-order valence-electron chi connectivity index (χ0n) is 11.5.